The molecule has 0 aliphatic rings. The van der Waals surface area contributed by atoms with Crippen LogP contribution in [0, 0.1) is 0 Å². The molecule has 0 atom stereocenters. The van der Waals surface area contributed by atoms with Gasteiger partial charge in [0, 0.05) is 23.6 Å². The highest BCUT2D eigenvalue weighted by Crippen LogP contribution is 2.30. The van der Waals surface area contributed by atoms with Crippen molar-refractivity contribution in [3.8, 4) is 5.75 Å². The number of ether oxygens (including phenoxy) is 1. The number of para-hydroxylation sites is 1. The van der Waals surface area contributed by atoms with E-state index in [1.165, 1.54) is 11.3 Å². The molecule has 4 aromatic rings. The normalized spacial score (nSPS) is 10.8. The Kier molecular flexibility index (Phi) is 4.90. The number of aryl methyl sites for hydroxylation is 1. The lowest BCUT2D eigenvalue weighted by Crippen LogP contribution is -2.13. The minimum absolute atomic E-state index is 0.179. The topological polar surface area (TPSA) is 60.3 Å². The Bertz CT molecular complexity index is 1130. The Labute approximate surface area is 170 Å². The van der Waals surface area contributed by atoms with Crippen molar-refractivity contribution < 1.29 is 14.3 Å². The van der Waals surface area contributed by atoms with Gasteiger partial charge in [0.15, 0.2) is 0 Å². The lowest BCUT2D eigenvalue weighted by molar-refractivity contribution is 0.0725. The van der Waals surface area contributed by atoms with Crippen LogP contribution in [0.3, 0.4) is 0 Å². The van der Waals surface area contributed by atoms with Gasteiger partial charge in [-0.3, -0.25) is 4.79 Å². The number of fused-ring (bicyclic) bond motifs is 1. The highest BCUT2D eigenvalue weighted by Gasteiger charge is 2.21. The van der Waals surface area contributed by atoms with E-state index < -0.39 is 5.97 Å². The molecule has 0 saturated carbocycles. The van der Waals surface area contributed by atoms with Crippen LogP contribution < -0.4 is 10.1 Å². The van der Waals surface area contributed by atoms with Crippen molar-refractivity contribution in [1.29, 1.82) is 0 Å². The molecule has 4 rings (SSSR count). The van der Waals surface area contributed by atoms with E-state index in [-0.39, 0.29) is 11.6 Å². The first-order chi connectivity index (χ1) is 13.5. The van der Waals surface area contributed by atoms with E-state index in [9.17, 15) is 9.59 Å². The van der Waals surface area contributed by atoms with Crippen LogP contribution in [-0.2, 0) is 7.05 Å². The molecule has 5 nitrogen and oxygen atoms in total. The van der Waals surface area contributed by atoms with E-state index in [1.807, 2.05) is 35.7 Å². The number of nitrogens with zero attached hydrogens (tertiary/aromatic N) is 1. The number of aromatic nitrogens is 1. The predicted molar refractivity (Wildman–Crippen MR) is 112 cm³/mol. The zero-order valence-electron chi connectivity index (χ0n) is 14.8. The summed E-state index contributed by atoms with van der Waals surface area (Å²) in [5, 5.41) is 5.80. The highest BCUT2D eigenvalue weighted by molar-refractivity contribution is 7.12. The van der Waals surface area contributed by atoms with Gasteiger partial charge in [0.2, 0.25) is 0 Å². The number of anilines is 1. The van der Waals surface area contributed by atoms with E-state index in [1.54, 1.807) is 41.9 Å². The number of rotatable bonds is 4. The molecular weight excluding hydrogens is 396 g/mol. The van der Waals surface area contributed by atoms with Gasteiger partial charge in [-0.05, 0) is 41.8 Å². The summed E-state index contributed by atoms with van der Waals surface area (Å²) in [6, 6.07) is 17.7. The smallest absolute Gasteiger partial charge is 0.361 e. The molecule has 0 bridgehead atoms. The quantitative estimate of drug-likeness (QED) is 0.363. The van der Waals surface area contributed by atoms with Gasteiger partial charge >= 0.3 is 5.97 Å². The Hall–Kier alpha value is -3.09. The van der Waals surface area contributed by atoms with Crippen molar-refractivity contribution in [3.63, 3.8) is 0 Å². The molecule has 0 aliphatic carbocycles. The van der Waals surface area contributed by atoms with Crippen LogP contribution in [0.1, 0.15) is 20.2 Å². The summed E-state index contributed by atoms with van der Waals surface area (Å²) in [6.07, 6.45) is 0. The number of carbonyl (C=O) groups is 2. The number of halogens is 1. The van der Waals surface area contributed by atoms with Crippen LogP contribution in [0.4, 0.5) is 5.69 Å². The number of hydrogen-bond donors (Lipinski definition) is 1. The van der Waals surface area contributed by atoms with Crippen LogP contribution in [0.25, 0.3) is 10.9 Å². The Morgan fingerprint density at radius 3 is 2.46 bits per heavy atom. The number of thiophene rings is 1. The zero-order chi connectivity index (χ0) is 19.7. The lowest BCUT2D eigenvalue weighted by Gasteiger charge is -2.08. The summed E-state index contributed by atoms with van der Waals surface area (Å²) in [5.74, 6) is -0.360. The van der Waals surface area contributed by atoms with Crippen LogP contribution in [0.5, 0.6) is 5.75 Å². The molecule has 0 spiro atoms. The number of carbonyl (C=O) groups excluding carboxylic acids is 2. The number of esters is 1. The summed E-state index contributed by atoms with van der Waals surface area (Å²) in [6.45, 7) is 0. The van der Waals surface area contributed by atoms with E-state index in [0.29, 0.717) is 21.3 Å². The van der Waals surface area contributed by atoms with E-state index in [0.717, 1.165) is 10.9 Å². The third-order valence-electron chi connectivity index (χ3n) is 4.31. The van der Waals surface area contributed by atoms with Gasteiger partial charge in [0.1, 0.15) is 11.4 Å². The van der Waals surface area contributed by atoms with Gasteiger partial charge in [-0.15, -0.1) is 11.3 Å². The molecular formula is C21H15ClN2O3S. The average Bonchev–Trinajstić information content (AvgIpc) is 3.32. The Morgan fingerprint density at radius 1 is 1.04 bits per heavy atom. The number of hydrogen-bond acceptors (Lipinski definition) is 4. The molecule has 0 unspecified atom stereocenters. The first-order valence-corrected chi connectivity index (χ1v) is 9.70. The van der Waals surface area contributed by atoms with Crippen LogP contribution in [-0.4, -0.2) is 16.4 Å². The Balaban J connectivity index is 1.50. The summed E-state index contributed by atoms with van der Waals surface area (Å²) in [5.41, 5.74) is 1.75. The average molecular weight is 411 g/mol. The van der Waals surface area contributed by atoms with Gasteiger partial charge in [-0.2, -0.15) is 0 Å². The van der Waals surface area contributed by atoms with Crippen molar-refractivity contribution in [2.45, 2.75) is 0 Å². The van der Waals surface area contributed by atoms with Gasteiger partial charge in [-0.25, -0.2) is 4.79 Å². The van der Waals surface area contributed by atoms with Crippen molar-refractivity contribution in [2.24, 2.45) is 7.05 Å². The van der Waals surface area contributed by atoms with E-state index in [2.05, 4.69) is 5.32 Å². The molecule has 7 heteroatoms. The lowest BCUT2D eigenvalue weighted by atomic mass is 10.2. The third-order valence-corrected chi connectivity index (χ3v) is 5.56. The molecule has 0 saturated heterocycles. The van der Waals surface area contributed by atoms with Crippen LogP contribution >= 0.6 is 22.9 Å². The predicted octanol–water partition coefficient (Wildman–Crippen LogP) is 5.36. The first kappa shape index (κ1) is 18.3. The van der Waals surface area contributed by atoms with Crippen molar-refractivity contribution in [1.82, 2.24) is 4.57 Å². The summed E-state index contributed by atoms with van der Waals surface area (Å²) in [7, 11) is 1.77. The maximum atomic E-state index is 12.6. The number of nitrogens with one attached hydrogen (secondary N) is 1. The molecule has 0 aliphatic heterocycles. The zero-order valence-corrected chi connectivity index (χ0v) is 16.4. The van der Waals surface area contributed by atoms with Gasteiger partial charge in [-0.1, -0.05) is 35.9 Å². The summed E-state index contributed by atoms with van der Waals surface area (Å²) >= 11 is 7.75. The van der Waals surface area contributed by atoms with Crippen LogP contribution in [0.2, 0.25) is 5.02 Å². The largest absolute Gasteiger partial charge is 0.422 e. The fourth-order valence-electron chi connectivity index (χ4n) is 2.94. The second-order valence-corrected chi connectivity index (χ2v) is 7.41. The van der Waals surface area contributed by atoms with Crippen molar-refractivity contribution in [3.05, 3.63) is 81.6 Å². The third kappa shape index (κ3) is 3.40. The van der Waals surface area contributed by atoms with Gasteiger partial charge < -0.3 is 14.6 Å². The maximum Gasteiger partial charge on any atom is 0.361 e. The molecule has 2 heterocycles. The molecule has 140 valence electrons. The van der Waals surface area contributed by atoms with Crippen LogP contribution in [0.15, 0.2) is 66.0 Å². The van der Waals surface area contributed by atoms with E-state index >= 15 is 0 Å². The monoisotopic (exact) mass is 410 g/mol. The first-order valence-electron chi connectivity index (χ1n) is 8.44. The minimum Gasteiger partial charge on any atom is -0.422 e. The molecule has 0 radical (unpaired) electrons. The molecule has 1 N–H and O–H groups in total. The Morgan fingerprint density at radius 2 is 1.79 bits per heavy atom. The van der Waals surface area contributed by atoms with Crippen molar-refractivity contribution >= 4 is 51.4 Å². The summed E-state index contributed by atoms with van der Waals surface area (Å²) in [4.78, 5) is 25.4. The number of amides is 1. The van der Waals surface area contributed by atoms with Crippen molar-refractivity contribution in [2.75, 3.05) is 5.32 Å². The second kappa shape index (κ2) is 7.50. The molecule has 2 aromatic heterocycles. The summed E-state index contributed by atoms with van der Waals surface area (Å²) < 4.78 is 7.19. The SMILES string of the molecule is Cn1c(C(=O)Oc2ccc(NC(=O)c3cccs3)cc2)c(Cl)c2ccccc21. The molecule has 1 amide bonds. The van der Waals surface area contributed by atoms with Gasteiger partial charge in [0.05, 0.1) is 9.90 Å². The minimum atomic E-state index is -0.543. The number of benzene rings is 2. The second-order valence-electron chi connectivity index (χ2n) is 6.08. The van der Waals surface area contributed by atoms with E-state index in [4.69, 9.17) is 16.3 Å². The molecule has 2 aromatic carbocycles. The van der Waals surface area contributed by atoms with Gasteiger partial charge in [0.25, 0.3) is 5.91 Å². The standard InChI is InChI=1S/C21H15ClN2O3S/c1-24-16-6-3-2-5-15(16)18(22)19(24)21(26)27-14-10-8-13(9-11-14)23-20(25)17-7-4-12-28-17/h2-12H,1H3,(H,23,25). The fraction of sp³-hybridized carbons (Fsp3) is 0.0476. The fourth-order valence-corrected chi connectivity index (χ4v) is 3.92. The maximum absolute atomic E-state index is 12.6. The molecule has 28 heavy (non-hydrogen) atoms. The molecule has 0 fully saturated rings. The highest BCUT2D eigenvalue weighted by atomic mass is 35.5.